The van der Waals surface area contributed by atoms with Gasteiger partial charge in [-0.25, -0.2) is 0 Å². The fraction of sp³-hybridized carbons (Fsp3) is 0.923. The van der Waals surface area contributed by atoms with Gasteiger partial charge in [0.15, 0.2) is 0 Å². The third-order valence-electron chi connectivity index (χ3n) is 2.96. The van der Waals surface area contributed by atoms with Gasteiger partial charge in [-0.05, 0) is 39.3 Å². The number of rotatable bonds is 9. The van der Waals surface area contributed by atoms with Gasteiger partial charge in [-0.15, -0.1) is 0 Å². The van der Waals surface area contributed by atoms with Crippen molar-refractivity contribution in [2.45, 2.75) is 38.7 Å². The van der Waals surface area contributed by atoms with Gasteiger partial charge in [0.05, 0.1) is 12.7 Å². The number of amides is 1. The Bertz CT molecular complexity index is 218. The summed E-state index contributed by atoms with van der Waals surface area (Å²) in [5.74, 6) is 0.0605. The SMILES string of the molecule is CCOCCC(=O)NCCCOC1CCNCC1. The number of piperidine rings is 1. The molecule has 0 bridgehead atoms. The standard InChI is InChI=1S/C13H26N2O3/c1-2-17-11-6-13(16)15-7-3-10-18-12-4-8-14-9-5-12/h12,14H,2-11H2,1H3,(H,15,16). The molecule has 1 amide bonds. The van der Waals surface area contributed by atoms with E-state index in [1.807, 2.05) is 6.92 Å². The van der Waals surface area contributed by atoms with Crippen molar-refractivity contribution in [1.82, 2.24) is 10.6 Å². The number of hydrogen-bond donors (Lipinski definition) is 2. The lowest BCUT2D eigenvalue weighted by molar-refractivity contribution is -0.122. The van der Waals surface area contributed by atoms with Crippen LogP contribution in [0.5, 0.6) is 0 Å². The number of hydrogen-bond acceptors (Lipinski definition) is 4. The van der Waals surface area contributed by atoms with E-state index in [1.54, 1.807) is 0 Å². The highest BCUT2D eigenvalue weighted by atomic mass is 16.5. The van der Waals surface area contributed by atoms with E-state index in [9.17, 15) is 4.79 Å². The van der Waals surface area contributed by atoms with E-state index in [0.29, 0.717) is 32.3 Å². The molecule has 1 saturated heterocycles. The van der Waals surface area contributed by atoms with Crippen LogP contribution in [0.25, 0.3) is 0 Å². The lowest BCUT2D eigenvalue weighted by Crippen LogP contribution is -2.33. The first-order valence-electron chi connectivity index (χ1n) is 6.99. The van der Waals surface area contributed by atoms with Gasteiger partial charge in [-0.2, -0.15) is 0 Å². The van der Waals surface area contributed by atoms with Crippen LogP contribution in [0, 0.1) is 0 Å². The van der Waals surface area contributed by atoms with Crippen molar-refractivity contribution in [3.8, 4) is 0 Å². The van der Waals surface area contributed by atoms with Crippen molar-refractivity contribution in [2.75, 3.05) is 39.5 Å². The average Bonchev–Trinajstić information content (AvgIpc) is 2.40. The fourth-order valence-corrected chi connectivity index (χ4v) is 1.91. The minimum Gasteiger partial charge on any atom is -0.381 e. The highest BCUT2D eigenvalue weighted by Gasteiger charge is 2.12. The Morgan fingerprint density at radius 1 is 1.33 bits per heavy atom. The smallest absolute Gasteiger partial charge is 0.222 e. The molecule has 1 fully saturated rings. The minimum atomic E-state index is 0.0605. The van der Waals surface area contributed by atoms with E-state index in [4.69, 9.17) is 9.47 Å². The van der Waals surface area contributed by atoms with Crippen molar-refractivity contribution in [3.63, 3.8) is 0 Å². The summed E-state index contributed by atoms with van der Waals surface area (Å²) in [6, 6.07) is 0. The molecule has 0 atom stereocenters. The average molecular weight is 258 g/mol. The van der Waals surface area contributed by atoms with E-state index in [1.165, 1.54) is 0 Å². The zero-order chi connectivity index (χ0) is 13.1. The molecule has 18 heavy (non-hydrogen) atoms. The molecule has 0 aromatic heterocycles. The molecule has 106 valence electrons. The summed E-state index contributed by atoms with van der Waals surface area (Å²) in [6.45, 7) is 6.63. The Balaban J connectivity index is 1.86. The molecule has 0 aromatic carbocycles. The van der Waals surface area contributed by atoms with Crippen LogP contribution >= 0.6 is 0 Å². The number of carbonyl (C=O) groups excluding carboxylic acids is 1. The summed E-state index contributed by atoms with van der Waals surface area (Å²) in [7, 11) is 0. The van der Waals surface area contributed by atoms with Crippen molar-refractivity contribution < 1.29 is 14.3 Å². The van der Waals surface area contributed by atoms with E-state index in [-0.39, 0.29) is 5.91 Å². The molecule has 0 radical (unpaired) electrons. The molecular weight excluding hydrogens is 232 g/mol. The fourth-order valence-electron chi connectivity index (χ4n) is 1.91. The molecule has 5 nitrogen and oxygen atoms in total. The third-order valence-corrected chi connectivity index (χ3v) is 2.96. The van der Waals surface area contributed by atoms with Gasteiger partial charge < -0.3 is 20.1 Å². The van der Waals surface area contributed by atoms with Crippen LogP contribution in [0.3, 0.4) is 0 Å². The van der Waals surface area contributed by atoms with Crippen LogP contribution in [0.15, 0.2) is 0 Å². The summed E-state index contributed by atoms with van der Waals surface area (Å²) in [5, 5.41) is 6.17. The van der Waals surface area contributed by atoms with Gasteiger partial charge in [0.1, 0.15) is 0 Å². The lowest BCUT2D eigenvalue weighted by atomic mass is 10.1. The van der Waals surface area contributed by atoms with E-state index >= 15 is 0 Å². The van der Waals surface area contributed by atoms with Crippen LogP contribution in [0.2, 0.25) is 0 Å². The Kier molecular flexibility index (Phi) is 8.81. The molecule has 2 N–H and O–H groups in total. The van der Waals surface area contributed by atoms with Crippen LogP contribution in [0.4, 0.5) is 0 Å². The molecular formula is C13H26N2O3. The predicted molar refractivity (Wildman–Crippen MR) is 70.6 cm³/mol. The molecule has 1 heterocycles. The highest BCUT2D eigenvalue weighted by molar-refractivity contribution is 5.75. The van der Waals surface area contributed by atoms with Gasteiger partial charge in [-0.3, -0.25) is 4.79 Å². The number of ether oxygens (including phenoxy) is 2. The molecule has 0 aromatic rings. The predicted octanol–water partition coefficient (Wildman–Crippen LogP) is 0.688. The zero-order valence-corrected chi connectivity index (χ0v) is 11.4. The third kappa shape index (κ3) is 7.63. The monoisotopic (exact) mass is 258 g/mol. The quantitative estimate of drug-likeness (QED) is 0.597. The normalized spacial score (nSPS) is 16.7. The van der Waals surface area contributed by atoms with Gasteiger partial charge in [0.25, 0.3) is 0 Å². The second-order valence-electron chi connectivity index (χ2n) is 4.47. The lowest BCUT2D eigenvalue weighted by Gasteiger charge is -2.22. The minimum absolute atomic E-state index is 0.0605. The molecule has 0 spiro atoms. The van der Waals surface area contributed by atoms with Crippen molar-refractivity contribution in [1.29, 1.82) is 0 Å². The van der Waals surface area contributed by atoms with Crippen LogP contribution in [-0.2, 0) is 14.3 Å². The van der Waals surface area contributed by atoms with E-state index in [2.05, 4.69) is 10.6 Å². The maximum atomic E-state index is 11.3. The first kappa shape index (κ1) is 15.4. The summed E-state index contributed by atoms with van der Waals surface area (Å²) in [6.07, 6.45) is 3.93. The maximum absolute atomic E-state index is 11.3. The Morgan fingerprint density at radius 2 is 2.11 bits per heavy atom. The number of carbonyl (C=O) groups is 1. The van der Waals surface area contributed by atoms with Gasteiger partial charge in [0, 0.05) is 26.2 Å². The molecule has 5 heteroatoms. The summed E-state index contributed by atoms with van der Waals surface area (Å²) in [4.78, 5) is 11.3. The summed E-state index contributed by atoms with van der Waals surface area (Å²) >= 11 is 0. The summed E-state index contributed by atoms with van der Waals surface area (Å²) in [5.41, 5.74) is 0. The first-order chi connectivity index (χ1) is 8.83. The Morgan fingerprint density at radius 3 is 2.83 bits per heavy atom. The Hall–Kier alpha value is -0.650. The van der Waals surface area contributed by atoms with Crippen molar-refractivity contribution >= 4 is 5.91 Å². The topological polar surface area (TPSA) is 59.6 Å². The molecule has 1 rings (SSSR count). The first-order valence-corrected chi connectivity index (χ1v) is 6.99. The van der Waals surface area contributed by atoms with Crippen LogP contribution < -0.4 is 10.6 Å². The summed E-state index contributed by atoms with van der Waals surface area (Å²) < 4.78 is 10.9. The molecule has 0 saturated carbocycles. The molecule has 0 unspecified atom stereocenters. The van der Waals surface area contributed by atoms with Crippen molar-refractivity contribution in [3.05, 3.63) is 0 Å². The maximum Gasteiger partial charge on any atom is 0.222 e. The second kappa shape index (κ2) is 10.3. The van der Waals surface area contributed by atoms with Gasteiger partial charge in [-0.1, -0.05) is 0 Å². The number of nitrogens with one attached hydrogen (secondary N) is 2. The van der Waals surface area contributed by atoms with Gasteiger partial charge >= 0.3 is 0 Å². The highest BCUT2D eigenvalue weighted by Crippen LogP contribution is 2.06. The molecule has 1 aliphatic rings. The Labute approximate surface area is 110 Å². The molecule has 1 aliphatic heterocycles. The second-order valence-corrected chi connectivity index (χ2v) is 4.47. The molecule has 0 aliphatic carbocycles. The van der Waals surface area contributed by atoms with E-state index < -0.39 is 0 Å². The van der Waals surface area contributed by atoms with Crippen molar-refractivity contribution in [2.24, 2.45) is 0 Å². The largest absolute Gasteiger partial charge is 0.381 e. The van der Waals surface area contributed by atoms with Gasteiger partial charge in [0.2, 0.25) is 5.91 Å². The van der Waals surface area contributed by atoms with Crippen LogP contribution in [0.1, 0.15) is 32.6 Å². The zero-order valence-electron chi connectivity index (χ0n) is 11.4. The van der Waals surface area contributed by atoms with E-state index in [0.717, 1.165) is 39.0 Å². The van der Waals surface area contributed by atoms with Crippen LogP contribution in [-0.4, -0.2) is 51.5 Å².